The smallest absolute Gasteiger partial charge is 0.0564 e. The van der Waals surface area contributed by atoms with Gasteiger partial charge in [-0.05, 0) is 0 Å². The summed E-state index contributed by atoms with van der Waals surface area (Å²) in [4.78, 5) is 0. The molecule has 12 heavy (non-hydrogen) atoms. The van der Waals surface area contributed by atoms with Crippen LogP contribution in [0.4, 0.5) is 0 Å². The molecule has 0 heteroatoms. The zero-order chi connectivity index (χ0) is 6.12. The van der Waals surface area contributed by atoms with E-state index in [2.05, 4.69) is 27.7 Å². The first-order valence-corrected chi connectivity index (χ1v) is 3.33. The van der Waals surface area contributed by atoms with Gasteiger partial charge in [0.25, 0.3) is 0 Å². The highest BCUT2D eigenvalue weighted by atomic mass is 13.6. The number of hydrogen-bond acceptors (Lipinski definition) is 0. The molecule has 0 nitrogen and oxygen atoms in total. The molecule has 0 aliphatic rings. The summed E-state index contributed by atoms with van der Waals surface area (Å²) in [5.41, 5.74) is 0. The van der Waals surface area contributed by atoms with Gasteiger partial charge in [0, 0.05) is 0 Å². The molecule has 86 valence electrons. The van der Waals surface area contributed by atoms with Gasteiger partial charge in [-0.2, -0.15) is 0 Å². The van der Waals surface area contributed by atoms with Gasteiger partial charge >= 0.3 is 0 Å². The second kappa shape index (κ2) is 122. The average Bonchev–Trinajstić information content (AvgIpc) is 1.69. The summed E-state index contributed by atoms with van der Waals surface area (Å²) in [5, 5.41) is 0. The van der Waals surface area contributed by atoms with E-state index in [1.54, 1.807) is 0 Å². The lowest BCUT2D eigenvalue weighted by Gasteiger charge is -1.68. The van der Waals surface area contributed by atoms with Crippen molar-refractivity contribution in [3.8, 4) is 0 Å². The van der Waals surface area contributed by atoms with E-state index >= 15 is 0 Å². The van der Waals surface area contributed by atoms with Crippen LogP contribution in [-0.4, -0.2) is 0 Å². The maximum atomic E-state index is 2.18. The molecule has 0 radical (unpaired) electrons. The van der Waals surface area contributed by atoms with Crippen LogP contribution in [0.25, 0.3) is 0 Å². The van der Waals surface area contributed by atoms with Crippen LogP contribution in [0.1, 0.15) is 84.1 Å². The summed E-state index contributed by atoms with van der Waals surface area (Å²) < 4.78 is 0. The Morgan fingerprint density at radius 3 is 0.583 bits per heavy atom. The molecule has 0 saturated carbocycles. The van der Waals surface area contributed by atoms with E-state index in [9.17, 15) is 0 Å². The van der Waals surface area contributed by atoms with E-state index in [1.165, 1.54) is 19.3 Å². The maximum absolute atomic E-state index is 2.18. The Hall–Kier alpha value is 0. The zero-order valence-electron chi connectivity index (χ0n) is 6.12. The summed E-state index contributed by atoms with van der Waals surface area (Å²) in [6.07, 6.45) is 3.89. The van der Waals surface area contributed by atoms with Crippen molar-refractivity contribution in [1.82, 2.24) is 0 Å². The van der Waals surface area contributed by atoms with Crippen LogP contribution in [0.2, 0.25) is 0 Å². The SMILES string of the molecule is C.C.C.C.C.CCC.CCCC. The Labute approximate surface area is 84.8 Å². The third kappa shape index (κ3) is 810. The van der Waals surface area contributed by atoms with Gasteiger partial charge in [0.1, 0.15) is 0 Å². The number of unbranched alkanes of at least 4 members (excludes halogenated alkanes) is 1. The molecule has 0 aliphatic heterocycles. The first-order valence-electron chi connectivity index (χ1n) is 3.33. The van der Waals surface area contributed by atoms with Gasteiger partial charge in [0.2, 0.25) is 0 Å². The Balaban J connectivity index is -0.00000000597. The molecular formula is C12H38. The van der Waals surface area contributed by atoms with Crippen molar-refractivity contribution in [3.63, 3.8) is 0 Å². The van der Waals surface area contributed by atoms with Crippen LogP contribution < -0.4 is 0 Å². The van der Waals surface area contributed by atoms with Gasteiger partial charge in [0.15, 0.2) is 0 Å². The molecule has 0 aromatic rings. The fourth-order valence-electron chi connectivity index (χ4n) is 0. The Morgan fingerprint density at radius 2 is 0.583 bits per heavy atom. The van der Waals surface area contributed by atoms with Crippen LogP contribution in [0, 0.1) is 0 Å². The Kier molecular flexibility index (Phi) is 592. The summed E-state index contributed by atoms with van der Waals surface area (Å²) in [6.45, 7) is 8.61. The number of hydrogen-bond donors (Lipinski definition) is 0. The first kappa shape index (κ1) is 58.1. The molecule has 0 atom stereocenters. The molecule has 0 aromatic heterocycles. The summed E-state index contributed by atoms with van der Waals surface area (Å²) in [5.74, 6) is 0. The van der Waals surface area contributed by atoms with Crippen molar-refractivity contribution in [2.24, 2.45) is 0 Å². The predicted molar refractivity (Wildman–Crippen MR) is 70.2 cm³/mol. The molecule has 0 unspecified atom stereocenters. The molecular weight excluding hydrogens is 144 g/mol. The van der Waals surface area contributed by atoms with E-state index in [0.717, 1.165) is 0 Å². The second-order valence-electron chi connectivity index (χ2n) is 1.71. The lowest BCUT2D eigenvalue weighted by atomic mass is 10.4. The van der Waals surface area contributed by atoms with Gasteiger partial charge in [-0.3, -0.25) is 0 Å². The fraction of sp³-hybridized carbons (Fsp3) is 1.00. The van der Waals surface area contributed by atoms with Gasteiger partial charge in [0.05, 0.1) is 0 Å². The highest BCUT2D eigenvalue weighted by molar-refractivity contribution is 4.12. The normalized spacial score (nSPS) is 4.00. The van der Waals surface area contributed by atoms with E-state index in [-0.39, 0.29) is 37.1 Å². The molecule has 0 heterocycles. The molecule has 0 bridgehead atoms. The maximum Gasteiger partial charge on any atom is -0.0564 e. The first-order chi connectivity index (χ1) is 3.33. The highest BCUT2D eigenvalue weighted by Gasteiger charge is 1.56. The van der Waals surface area contributed by atoms with E-state index in [0.29, 0.717) is 0 Å². The summed E-state index contributed by atoms with van der Waals surface area (Å²) in [6, 6.07) is 0. The molecule has 0 rings (SSSR count). The van der Waals surface area contributed by atoms with Gasteiger partial charge < -0.3 is 0 Å². The zero-order valence-corrected chi connectivity index (χ0v) is 6.12. The van der Waals surface area contributed by atoms with Crippen LogP contribution in [0.5, 0.6) is 0 Å². The summed E-state index contributed by atoms with van der Waals surface area (Å²) in [7, 11) is 0. The van der Waals surface area contributed by atoms with Crippen molar-refractivity contribution < 1.29 is 0 Å². The molecule has 0 fully saturated rings. The van der Waals surface area contributed by atoms with Gasteiger partial charge in [-0.1, -0.05) is 84.1 Å². The molecule has 0 amide bonds. The quantitative estimate of drug-likeness (QED) is 0.440. The average molecular weight is 182 g/mol. The summed E-state index contributed by atoms with van der Waals surface area (Å²) >= 11 is 0. The van der Waals surface area contributed by atoms with Gasteiger partial charge in [-0.25, -0.2) is 0 Å². The van der Waals surface area contributed by atoms with Gasteiger partial charge in [-0.15, -0.1) is 0 Å². The third-order valence-electron chi connectivity index (χ3n) is 0.500. The second-order valence-corrected chi connectivity index (χ2v) is 1.71. The van der Waals surface area contributed by atoms with E-state index in [1.807, 2.05) is 0 Å². The minimum absolute atomic E-state index is 0. The predicted octanol–water partition coefficient (Wildman–Crippen LogP) is 6.40. The molecule has 0 spiro atoms. The Morgan fingerprint density at radius 1 is 0.500 bits per heavy atom. The third-order valence-corrected chi connectivity index (χ3v) is 0.500. The van der Waals surface area contributed by atoms with Crippen LogP contribution in [0.15, 0.2) is 0 Å². The highest BCUT2D eigenvalue weighted by Crippen LogP contribution is 1.76. The molecule has 0 aliphatic carbocycles. The molecule has 0 saturated heterocycles. The van der Waals surface area contributed by atoms with Crippen molar-refractivity contribution in [1.29, 1.82) is 0 Å². The standard InChI is InChI=1S/C4H10.C3H8.5CH4/c1-3-4-2;1-3-2;;;;;/h3-4H2,1-2H3;3H2,1-2H3;5*1H4. The fourth-order valence-corrected chi connectivity index (χ4v) is 0. The molecule has 0 aromatic carbocycles. The van der Waals surface area contributed by atoms with Crippen LogP contribution >= 0.6 is 0 Å². The topological polar surface area (TPSA) is 0 Å². The van der Waals surface area contributed by atoms with E-state index in [4.69, 9.17) is 0 Å². The van der Waals surface area contributed by atoms with Crippen LogP contribution in [0.3, 0.4) is 0 Å². The van der Waals surface area contributed by atoms with E-state index < -0.39 is 0 Å². The minimum atomic E-state index is 0. The number of rotatable bonds is 1. The van der Waals surface area contributed by atoms with Crippen molar-refractivity contribution in [3.05, 3.63) is 0 Å². The minimum Gasteiger partial charge on any atom is -0.0776 e. The molecule has 0 N–H and O–H groups in total. The van der Waals surface area contributed by atoms with Crippen molar-refractivity contribution >= 4 is 0 Å². The van der Waals surface area contributed by atoms with Crippen molar-refractivity contribution in [2.75, 3.05) is 0 Å². The van der Waals surface area contributed by atoms with Crippen molar-refractivity contribution in [2.45, 2.75) is 84.1 Å². The lowest BCUT2D eigenvalue weighted by Crippen LogP contribution is -1.47. The lowest BCUT2D eigenvalue weighted by molar-refractivity contribution is 0.886. The van der Waals surface area contributed by atoms with Crippen LogP contribution in [-0.2, 0) is 0 Å². The monoisotopic (exact) mass is 182 g/mol. The largest absolute Gasteiger partial charge is 0.0776 e. The Bertz CT molecular complexity index is 7.51.